The Balaban J connectivity index is 3.29. The van der Waals surface area contributed by atoms with Gasteiger partial charge in [-0.05, 0) is 27.9 Å². The summed E-state index contributed by atoms with van der Waals surface area (Å²) in [4.78, 5) is 0. The molecule has 8 heavy (non-hydrogen) atoms. The Morgan fingerprint density at radius 1 is 1.38 bits per heavy atom. The average molecular weight is 129 g/mol. The third-order valence-corrected chi connectivity index (χ3v) is 2.59. The van der Waals surface area contributed by atoms with E-state index in [0.29, 0.717) is 0 Å². The van der Waals surface area contributed by atoms with Crippen molar-refractivity contribution in [1.82, 2.24) is 4.57 Å². The van der Waals surface area contributed by atoms with Crippen molar-refractivity contribution in [1.29, 1.82) is 0 Å². The second-order valence-corrected chi connectivity index (χ2v) is 4.58. The zero-order valence-corrected chi connectivity index (χ0v) is 7.65. The molecular formula is C6H15NSi. The van der Waals surface area contributed by atoms with Crippen LogP contribution in [-0.4, -0.2) is 28.3 Å². The van der Waals surface area contributed by atoms with Gasteiger partial charge < -0.3 is 4.57 Å². The molecule has 0 saturated carbocycles. The van der Waals surface area contributed by atoms with Gasteiger partial charge in [-0.2, -0.15) is 0 Å². The first-order valence-electron chi connectivity index (χ1n) is 2.91. The second-order valence-electron chi connectivity index (χ2n) is 2.54. The first kappa shape index (κ1) is 7.92. The zero-order chi connectivity index (χ0) is 6.57. The van der Waals surface area contributed by atoms with Gasteiger partial charge in [0.15, 0.2) is 0 Å². The monoisotopic (exact) mass is 129 g/mol. The van der Waals surface area contributed by atoms with Crippen LogP contribution in [0.4, 0.5) is 0 Å². The van der Waals surface area contributed by atoms with Gasteiger partial charge in [0.2, 0.25) is 0 Å². The Bertz CT molecular complexity index is 82.5. The van der Waals surface area contributed by atoms with Gasteiger partial charge >= 0.3 is 0 Å². The van der Waals surface area contributed by atoms with Crippen LogP contribution in [-0.2, 0) is 0 Å². The molecule has 0 heterocycles. The van der Waals surface area contributed by atoms with Gasteiger partial charge in [0, 0.05) is 0 Å². The van der Waals surface area contributed by atoms with E-state index in [1.165, 1.54) is 5.57 Å². The van der Waals surface area contributed by atoms with E-state index in [1.807, 2.05) is 0 Å². The highest BCUT2D eigenvalue weighted by Gasteiger charge is 1.83. The average Bonchev–Trinajstić information content (AvgIpc) is 1.61. The van der Waals surface area contributed by atoms with Crippen LogP contribution in [0.15, 0.2) is 11.3 Å². The fourth-order valence-corrected chi connectivity index (χ4v) is 1.10. The Kier molecular flexibility index (Phi) is 3.82. The van der Waals surface area contributed by atoms with Gasteiger partial charge in [0.25, 0.3) is 0 Å². The molecule has 0 aliphatic rings. The molecule has 0 rings (SSSR count). The first-order chi connectivity index (χ1) is 3.63. The molecule has 2 heteroatoms. The van der Waals surface area contributed by atoms with Crippen LogP contribution < -0.4 is 0 Å². The topological polar surface area (TPSA) is 3.24 Å². The molecule has 48 valence electrons. The van der Waals surface area contributed by atoms with Crippen LogP contribution in [0, 0.1) is 0 Å². The maximum Gasteiger partial charge on any atom is 0.118 e. The minimum absolute atomic E-state index is 0.0301. The minimum atomic E-state index is -0.0301. The van der Waals surface area contributed by atoms with Gasteiger partial charge in [0.05, 0.1) is 0 Å². The van der Waals surface area contributed by atoms with Gasteiger partial charge in [-0.15, -0.1) is 0 Å². The predicted molar refractivity (Wildman–Crippen MR) is 41.7 cm³/mol. The number of nitrogens with zero attached hydrogens (tertiary/aromatic N) is 1. The predicted octanol–water partition coefficient (Wildman–Crippen LogP) is 0.555. The number of hydrogen-bond donors (Lipinski definition) is 0. The largest absolute Gasteiger partial charge is 0.331 e. The Morgan fingerprint density at radius 3 is 2.00 bits per heavy atom. The van der Waals surface area contributed by atoms with Crippen LogP contribution in [0.5, 0.6) is 0 Å². The van der Waals surface area contributed by atoms with Crippen molar-refractivity contribution in [2.75, 3.05) is 14.1 Å². The molecule has 0 fully saturated rings. The van der Waals surface area contributed by atoms with Crippen LogP contribution >= 0.6 is 0 Å². The van der Waals surface area contributed by atoms with Gasteiger partial charge in [-0.3, -0.25) is 0 Å². The highest BCUT2D eigenvalue weighted by molar-refractivity contribution is 6.38. The fourth-order valence-electron chi connectivity index (χ4n) is 0.365. The van der Waals surface area contributed by atoms with E-state index in [9.17, 15) is 0 Å². The molecule has 0 unspecified atom stereocenters. The minimum Gasteiger partial charge on any atom is -0.331 e. The van der Waals surface area contributed by atoms with Crippen LogP contribution in [0.3, 0.4) is 0 Å². The van der Waals surface area contributed by atoms with E-state index in [0.717, 1.165) is 0 Å². The molecule has 0 saturated heterocycles. The van der Waals surface area contributed by atoms with Crippen molar-refractivity contribution in [2.45, 2.75) is 13.8 Å². The third-order valence-electron chi connectivity index (χ3n) is 0.865. The molecule has 0 aliphatic carbocycles. The lowest BCUT2D eigenvalue weighted by Gasteiger charge is -2.03. The van der Waals surface area contributed by atoms with E-state index in [4.69, 9.17) is 0 Å². The van der Waals surface area contributed by atoms with Crippen molar-refractivity contribution in [2.24, 2.45) is 0 Å². The first-order valence-corrected chi connectivity index (χ1v) is 4.36. The van der Waals surface area contributed by atoms with Crippen LogP contribution in [0.2, 0.25) is 0 Å². The molecule has 1 nitrogen and oxygen atoms in total. The summed E-state index contributed by atoms with van der Waals surface area (Å²) >= 11 is 0. The van der Waals surface area contributed by atoms with Gasteiger partial charge in [-0.25, -0.2) is 0 Å². The lowest BCUT2D eigenvalue weighted by Crippen LogP contribution is -2.15. The van der Waals surface area contributed by atoms with Crippen molar-refractivity contribution in [3.63, 3.8) is 0 Å². The van der Waals surface area contributed by atoms with E-state index < -0.39 is 0 Å². The second kappa shape index (κ2) is 3.86. The van der Waals surface area contributed by atoms with Gasteiger partial charge in [0.1, 0.15) is 9.68 Å². The third kappa shape index (κ3) is 5.92. The summed E-state index contributed by atoms with van der Waals surface area (Å²) in [5.41, 5.74) is 3.80. The zero-order valence-electron chi connectivity index (χ0n) is 6.23. The molecule has 0 aromatic carbocycles. The lowest BCUT2D eigenvalue weighted by molar-refractivity contribution is 0.668. The lowest BCUT2D eigenvalue weighted by atomic mass is 10.4. The normalized spacial score (nSPS) is 11.1. The molecule has 0 bridgehead atoms. The van der Waals surface area contributed by atoms with Gasteiger partial charge in [-0.1, -0.05) is 11.3 Å². The summed E-state index contributed by atoms with van der Waals surface area (Å²) in [7, 11) is 4.23. The van der Waals surface area contributed by atoms with E-state index in [2.05, 4.69) is 38.2 Å². The molecule has 0 aromatic rings. The van der Waals surface area contributed by atoms with Crippen LogP contribution in [0.25, 0.3) is 0 Å². The Morgan fingerprint density at radius 2 is 1.88 bits per heavy atom. The molecule has 0 radical (unpaired) electrons. The number of allylic oxidation sites excluding steroid dienone is 1. The summed E-state index contributed by atoms with van der Waals surface area (Å²) in [6, 6.07) is 0. The van der Waals surface area contributed by atoms with E-state index >= 15 is 0 Å². The highest BCUT2D eigenvalue weighted by Crippen LogP contribution is 1.85. The molecular weight excluding hydrogens is 114 g/mol. The van der Waals surface area contributed by atoms with Crippen molar-refractivity contribution in [3.8, 4) is 0 Å². The summed E-state index contributed by atoms with van der Waals surface area (Å²) in [5.74, 6) is 0. The maximum atomic E-state index is 2.35. The quantitative estimate of drug-likeness (QED) is 0.492. The van der Waals surface area contributed by atoms with Crippen molar-refractivity contribution >= 4 is 9.68 Å². The summed E-state index contributed by atoms with van der Waals surface area (Å²) < 4.78 is 2.28. The molecule has 0 aliphatic heterocycles. The SMILES string of the molecule is CC(C)=C[SiH2]N(C)C. The number of rotatable bonds is 2. The standard InChI is InChI=1S/C6H15NSi/c1-6(2)5-8-7(3)4/h5H,8H2,1-4H3. The van der Waals surface area contributed by atoms with Crippen LogP contribution in [0.1, 0.15) is 13.8 Å². The molecule has 0 N–H and O–H groups in total. The molecule has 0 atom stereocenters. The summed E-state index contributed by atoms with van der Waals surface area (Å²) in [5, 5.41) is 0. The smallest absolute Gasteiger partial charge is 0.118 e. The Labute approximate surface area is 54.3 Å². The summed E-state index contributed by atoms with van der Waals surface area (Å²) in [6.07, 6.45) is 0. The van der Waals surface area contributed by atoms with Crippen molar-refractivity contribution in [3.05, 3.63) is 11.3 Å². The van der Waals surface area contributed by atoms with E-state index in [1.54, 1.807) is 0 Å². The molecule has 0 spiro atoms. The van der Waals surface area contributed by atoms with E-state index in [-0.39, 0.29) is 9.68 Å². The molecule has 0 aromatic heterocycles. The highest BCUT2D eigenvalue weighted by atomic mass is 28.2. The van der Waals surface area contributed by atoms with Crippen molar-refractivity contribution < 1.29 is 0 Å². The molecule has 0 amide bonds. The summed E-state index contributed by atoms with van der Waals surface area (Å²) in [6.45, 7) is 4.30. The maximum absolute atomic E-state index is 2.35. The fraction of sp³-hybridized carbons (Fsp3) is 0.667. The number of hydrogen-bond acceptors (Lipinski definition) is 1. The Hall–Kier alpha value is -0.0831.